The molecule has 0 aliphatic heterocycles. The molecular formula is C52H26N8. The van der Waals surface area contributed by atoms with Crippen molar-refractivity contribution >= 4 is 92.9 Å². The highest BCUT2D eigenvalue weighted by molar-refractivity contribution is 6.34. The Bertz CT molecular complexity index is 3620. The second-order valence-electron chi connectivity index (χ2n) is 15.1. The van der Waals surface area contributed by atoms with Crippen LogP contribution in [0.2, 0.25) is 0 Å². The van der Waals surface area contributed by atoms with Crippen LogP contribution in [0.4, 0.5) is 5.69 Å². The Morgan fingerprint density at radius 3 is 1.42 bits per heavy atom. The van der Waals surface area contributed by atoms with E-state index < -0.39 is 0 Å². The van der Waals surface area contributed by atoms with E-state index in [1.54, 1.807) is 0 Å². The van der Waals surface area contributed by atoms with Gasteiger partial charge in [-0.1, -0.05) is 109 Å². The van der Waals surface area contributed by atoms with Gasteiger partial charge in [0.2, 0.25) is 5.69 Å². The zero-order chi connectivity index (χ0) is 39.6. The lowest BCUT2D eigenvalue weighted by Gasteiger charge is -2.25. The van der Waals surface area contributed by atoms with Crippen molar-refractivity contribution in [2.45, 2.75) is 0 Å². The van der Waals surface area contributed by atoms with Crippen molar-refractivity contribution in [2.75, 3.05) is 0 Å². The Labute approximate surface area is 341 Å². The molecule has 0 aliphatic rings. The molecule has 60 heavy (non-hydrogen) atoms. The third-order valence-corrected chi connectivity index (χ3v) is 12.3. The topological polar surface area (TPSA) is 89.6 Å². The van der Waals surface area contributed by atoms with Gasteiger partial charge in [-0.25, -0.2) is 14.8 Å². The lowest BCUT2D eigenvalue weighted by atomic mass is 9.88. The van der Waals surface area contributed by atoms with E-state index >= 15 is 0 Å². The molecule has 8 heteroatoms. The average molecular weight is 763 g/mol. The second kappa shape index (κ2) is 11.9. The predicted octanol–water partition coefficient (Wildman–Crippen LogP) is 12.7. The molecule has 8 nitrogen and oxygen atoms in total. The third kappa shape index (κ3) is 4.01. The smallest absolute Gasteiger partial charge is 0.220 e. The molecule has 0 N–H and O–H groups in total. The number of hydrogen-bond donors (Lipinski definition) is 0. The lowest BCUT2D eigenvalue weighted by molar-refractivity contribution is 1.09. The number of hydrogen-bond acceptors (Lipinski definition) is 5. The number of nitrogens with zero attached hydrogens (tertiary/aromatic N) is 8. The summed E-state index contributed by atoms with van der Waals surface area (Å²) in [6.45, 7) is 9.11. The van der Waals surface area contributed by atoms with Crippen molar-refractivity contribution < 1.29 is 0 Å². The van der Waals surface area contributed by atoms with E-state index in [1.807, 2.05) is 97.6 Å². The van der Waals surface area contributed by atoms with Crippen LogP contribution in [-0.2, 0) is 0 Å². The summed E-state index contributed by atoms with van der Waals surface area (Å²) in [6, 6.07) is 47.5. The molecule has 0 aliphatic carbocycles. The first-order valence-electron chi connectivity index (χ1n) is 19.7. The normalized spacial score (nSPS) is 12.0. The van der Waals surface area contributed by atoms with Gasteiger partial charge in [0, 0.05) is 68.2 Å². The van der Waals surface area contributed by atoms with Crippen LogP contribution in [0.1, 0.15) is 5.56 Å². The van der Waals surface area contributed by atoms with Crippen molar-refractivity contribution in [1.82, 2.24) is 29.1 Å². The Balaban J connectivity index is 1.33. The monoisotopic (exact) mass is 762 g/mol. The van der Waals surface area contributed by atoms with Gasteiger partial charge in [-0.05, 0) is 56.9 Å². The predicted molar refractivity (Wildman–Crippen MR) is 241 cm³/mol. The summed E-state index contributed by atoms with van der Waals surface area (Å²) in [5.74, 6) is 0. The summed E-state index contributed by atoms with van der Waals surface area (Å²) in [7, 11) is 0. The lowest BCUT2D eigenvalue weighted by Crippen LogP contribution is -2.09. The maximum atomic E-state index is 11.7. The van der Waals surface area contributed by atoms with Crippen molar-refractivity contribution in [1.29, 1.82) is 5.26 Å². The summed E-state index contributed by atoms with van der Waals surface area (Å²) < 4.78 is 4.29. The molecule has 7 aromatic carbocycles. The highest BCUT2D eigenvalue weighted by Gasteiger charge is 2.33. The van der Waals surface area contributed by atoms with E-state index in [1.165, 1.54) is 0 Å². The van der Waals surface area contributed by atoms with Crippen LogP contribution in [0.25, 0.3) is 126 Å². The van der Waals surface area contributed by atoms with Gasteiger partial charge in [0.25, 0.3) is 0 Å². The minimum Gasteiger partial charge on any atom is -0.307 e. The van der Waals surface area contributed by atoms with Crippen molar-refractivity contribution in [3.63, 3.8) is 0 Å². The maximum Gasteiger partial charge on any atom is 0.220 e. The number of rotatable bonds is 4. The first kappa shape index (κ1) is 32.4. The van der Waals surface area contributed by atoms with Crippen molar-refractivity contribution in [3.05, 3.63) is 175 Å². The number of aromatic nitrogens is 6. The van der Waals surface area contributed by atoms with E-state index in [-0.39, 0.29) is 0 Å². The Hall–Kier alpha value is -8.72. The molecule has 0 amide bonds. The van der Waals surface area contributed by atoms with E-state index in [0.29, 0.717) is 45.0 Å². The van der Waals surface area contributed by atoms with Crippen LogP contribution >= 0.6 is 0 Å². The van der Waals surface area contributed by atoms with Crippen LogP contribution in [0.15, 0.2) is 158 Å². The first-order chi connectivity index (χ1) is 29.8. The van der Waals surface area contributed by atoms with E-state index in [2.05, 4.69) is 80.7 Å². The van der Waals surface area contributed by atoms with Crippen LogP contribution in [0.3, 0.4) is 0 Å². The summed E-state index contributed by atoms with van der Waals surface area (Å²) >= 11 is 0. The van der Waals surface area contributed by atoms with E-state index in [4.69, 9.17) is 26.5 Å². The second-order valence-corrected chi connectivity index (χ2v) is 15.1. The van der Waals surface area contributed by atoms with Gasteiger partial charge >= 0.3 is 0 Å². The Morgan fingerprint density at radius 1 is 0.450 bits per heavy atom. The standard InChI is InChI=1S/C52H26N8/c1-54-48-40(29-12-4-2-5-13-29)37(28-53)49(59-38-22-26-55-46-35-18-10-11-19-36(35)47-45(44(38)46)39(59)23-27-56-47)41(30-14-6-3-7-15-30)50(48)60-51-42-33(20-24-57-51)31-16-8-9-17-32(31)34-21-25-58-52(60)43(34)42/h2-27H. The van der Waals surface area contributed by atoms with Crippen molar-refractivity contribution in [2.24, 2.45) is 0 Å². The van der Waals surface area contributed by atoms with Gasteiger partial charge in [-0.2, -0.15) is 5.26 Å². The third-order valence-electron chi connectivity index (χ3n) is 12.3. The summed E-state index contributed by atoms with van der Waals surface area (Å²) in [5, 5.41) is 21.9. The van der Waals surface area contributed by atoms with E-state index in [9.17, 15) is 5.26 Å². The first-order valence-corrected chi connectivity index (χ1v) is 19.7. The maximum absolute atomic E-state index is 11.7. The highest BCUT2D eigenvalue weighted by Crippen LogP contribution is 2.53. The van der Waals surface area contributed by atoms with Gasteiger partial charge in [0.1, 0.15) is 17.4 Å². The number of benzene rings is 7. The molecule has 6 aromatic heterocycles. The van der Waals surface area contributed by atoms with Crippen LogP contribution in [0, 0.1) is 17.9 Å². The molecule has 13 rings (SSSR count). The van der Waals surface area contributed by atoms with Crippen LogP contribution in [-0.4, -0.2) is 29.1 Å². The molecule has 13 aromatic rings. The molecular weight excluding hydrogens is 737 g/mol. The summed E-state index contributed by atoms with van der Waals surface area (Å²) in [5.41, 5.74) is 9.63. The molecule has 0 atom stereocenters. The largest absolute Gasteiger partial charge is 0.307 e. The SMILES string of the molecule is [C-]#[N+]c1c(-c2ccccc2)c(C#N)c(-n2c3ccnc4c5ccccc5c5nccc2c5c43)c(-c2ccccc2)c1-n1c2nccc3c4ccccc4c4ccnc1c4c32. The number of nitriles is 1. The molecule has 0 fully saturated rings. The average Bonchev–Trinajstić information content (AvgIpc) is 3.84. The quantitative estimate of drug-likeness (QED) is 0.132. The highest BCUT2D eigenvalue weighted by atomic mass is 15.1. The Kier molecular flexibility index (Phi) is 6.42. The van der Waals surface area contributed by atoms with E-state index in [0.717, 1.165) is 87.1 Å². The fraction of sp³-hybridized carbons (Fsp3) is 0. The Morgan fingerprint density at radius 2 is 0.917 bits per heavy atom. The van der Waals surface area contributed by atoms with Gasteiger partial charge < -0.3 is 4.57 Å². The molecule has 0 saturated heterocycles. The molecule has 274 valence electrons. The van der Waals surface area contributed by atoms with Crippen molar-refractivity contribution in [3.8, 4) is 39.7 Å². The minimum atomic E-state index is 0.331. The van der Waals surface area contributed by atoms with Gasteiger partial charge in [-0.3, -0.25) is 14.5 Å². The van der Waals surface area contributed by atoms with Crippen LogP contribution in [0.5, 0.6) is 0 Å². The van der Waals surface area contributed by atoms with Gasteiger partial charge in [-0.15, -0.1) is 0 Å². The molecule has 0 radical (unpaired) electrons. The minimum absolute atomic E-state index is 0.331. The zero-order valence-electron chi connectivity index (χ0n) is 31.6. The molecule has 0 saturated carbocycles. The summed E-state index contributed by atoms with van der Waals surface area (Å²) in [4.78, 5) is 24.7. The number of pyridine rings is 4. The number of fused-ring (bicyclic) bond motifs is 6. The summed E-state index contributed by atoms with van der Waals surface area (Å²) in [6.07, 6.45) is 7.39. The van der Waals surface area contributed by atoms with Crippen LogP contribution < -0.4 is 0 Å². The molecule has 0 unspecified atom stereocenters. The molecule has 0 bridgehead atoms. The fourth-order valence-electron chi connectivity index (χ4n) is 10.0. The molecule has 6 heterocycles. The fourth-order valence-corrected chi connectivity index (χ4v) is 10.0. The van der Waals surface area contributed by atoms with Gasteiger partial charge in [0.15, 0.2) is 0 Å². The van der Waals surface area contributed by atoms with Gasteiger partial charge in [0.05, 0.1) is 45.6 Å². The zero-order valence-corrected chi connectivity index (χ0v) is 31.6. The molecule has 0 spiro atoms.